The number of sulfonamides is 1. The fraction of sp³-hybridized carbons (Fsp3) is 0.750. The predicted octanol–water partition coefficient (Wildman–Crippen LogP) is -0.190. The summed E-state index contributed by atoms with van der Waals surface area (Å²) in [7, 11) is -3.63. The van der Waals surface area contributed by atoms with E-state index in [1.54, 1.807) is 13.8 Å². The molecule has 112 valence electrons. The van der Waals surface area contributed by atoms with Crippen LogP contribution < -0.4 is 10.5 Å². The van der Waals surface area contributed by atoms with E-state index >= 15 is 0 Å². The number of nitrogens with one attached hydrogen (secondary N) is 2. The minimum Gasteiger partial charge on any atom is -0.376 e. The van der Waals surface area contributed by atoms with Gasteiger partial charge in [0, 0.05) is 18.6 Å². The number of nitrogens with zero attached hydrogens (tertiary/aromatic N) is 1. The van der Waals surface area contributed by atoms with Crippen LogP contribution in [0.25, 0.3) is 0 Å². The summed E-state index contributed by atoms with van der Waals surface area (Å²) < 4.78 is 33.3. The maximum Gasteiger partial charge on any atom is 0.244 e. The number of aromatic nitrogens is 2. The molecule has 1 aromatic rings. The Morgan fingerprint density at radius 2 is 2.20 bits per heavy atom. The second-order valence-corrected chi connectivity index (χ2v) is 7.28. The van der Waals surface area contributed by atoms with Gasteiger partial charge in [0.2, 0.25) is 10.0 Å². The second-order valence-electron chi connectivity index (χ2n) is 5.63. The quantitative estimate of drug-likeness (QED) is 0.716. The molecule has 7 nitrogen and oxygen atoms in total. The van der Waals surface area contributed by atoms with E-state index in [-0.39, 0.29) is 29.0 Å². The van der Waals surface area contributed by atoms with E-state index in [2.05, 4.69) is 14.9 Å². The molecule has 0 aromatic carbocycles. The molecule has 20 heavy (non-hydrogen) atoms. The number of hydrogen-bond donors (Lipinski definition) is 3. The van der Waals surface area contributed by atoms with Gasteiger partial charge in [0.05, 0.1) is 23.5 Å². The van der Waals surface area contributed by atoms with Crippen molar-refractivity contribution < 1.29 is 13.2 Å². The number of aryl methyl sites for hydroxylation is 2. The Bertz CT molecular complexity index is 593. The average molecular weight is 300 g/mol. The highest BCUT2D eigenvalue weighted by Crippen LogP contribution is 2.37. The summed E-state index contributed by atoms with van der Waals surface area (Å²) in [6.07, 6.45) is 1.91. The van der Waals surface area contributed by atoms with Crippen LogP contribution in [-0.2, 0) is 14.8 Å². The van der Waals surface area contributed by atoms with Gasteiger partial charge in [0.15, 0.2) is 0 Å². The molecule has 1 saturated carbocycles. The maximum atomic E-state index is 12.5. The predicted molar refractivity (Wildman–Crippen MR) is 72.6 cm³/mol. The van der Waals surface area contributed by atoms with Crippen LogP contribution >= 0.6 is 0 Å². The summed E-state index contributed by atoms with van der Waals surface area (Å²) in [5.41, 5.74) is 7.08. The van der Waals surface area contributed by atoms with Crippen molar-refractivity contribution >= 4 is 10.0 Å². The van der Waals surface area contributed by atoms with Gasteiger partial charge in [0.25, 0.3) is 0 Å². The molecular weight excluding hydrogens is 280 g/mol. The lowest BCUT2D eigenvalue weighted by Crippen LogP contribution is -2.71. The summed E-state index contributed by atoms with van der Waals surface area (Å²) in [5, 5.41) is 6.62. The molecule has 8 heteroatoms. The smallest absolute Gasteiger partial charge is 0.244 e. The van der Waals surface area contributed by atoms with Crippen molar-refractivity contribution in [1.82, 2.24) is 14.9 Å². The van der Waals surface area contributed by atoms with Gasteiger partial charge in [-0.2, -0.15) is 5.10 Å². The molecule has 0 amide bonds. The molecule has 0 radical (unpaired) electrons. The van der Waals surface area contributed by atoms with Crippen molar-refractivity contribution in [2.24, 2.45) is 11.7 Å². The highest BCUT2D eigenvalue weighted by molar-refractivity contribution is 7.89. The van der Waals surface area contributed by atoms with E-state index in [4.69, 9.17) is 10.5 Å². The molecule has 3 rings (SSSR count). The van der Waals surface area contributed by atoms with Gasteiger partial charge in [-0.15, -0.1) is 0 Å². The van der Waals surface area contributed by atoms with Gasteiger partial charge in [-0.1, -0.05) is 0 Å². The van der Waals surface area contributed by atoms with Crippen LogP contribution in [0, 0.1) is 19.8 Å². The number of rotatable bonds is 3. The summed E-state index contributed by atoms with van der Waals surface area (Å²) in [5.74, 6) is 0.267. The van der Waals surface area contributed by atoms with Crippen LogP contribution in [0.3, 0.4) is 0 Å². The lowest BCUT2D eigenvalue weighted by atomic mass is 9.69. The number of H-pyrrole nitrogens is 1. The lowest BCUT2D eigenvalue weighted by Gasteiger charge is -2.52. The highest BCUT2D eigenvalue weighted by Gasteiger charge is 2.52. The molecule has 1 aliphatic carbocycles. The van der Waals surface area contributed by atoms with Gasteiger partial charge in [-0.05, 0) is 26.7 Å². The molecule has 0 bridgehead atoms. The van der Waals surface area contributed by atoms with E-state index in [0.29, 0.717) is 18.0 Å². The summed E-state index contributed by atoms with van der Waals surface area (Å²) in [6.45, 7) is 4.03. The second kappa shape index (κ2) is 4.80. The largest absolute Gasteiger partial charge is 0.376 e. The van der Waals surface area contributed by atoms with Crippen molar-refractivity contribution in [3.63, 3.8) is 0 Å². The zero-order valence-electron chi connectivity index (χ0n) is 11.6. The molecule has 4 N–H and O–H groups in total. The van der Waals surface area contributed by atoms with Crippen molar-refractivity contribution in [3.05, 3.63) is 11.4 Å². The zero-order chi connectivity index (χ0) is 14.5. The van der Waals surface area contributed by atoms with Crippen LogP contribution in [0.1, 0.15) is 24.2 Å². The first kappa shape index (κ1) is 14.0. The molecule has 4 unspecified atom stereocenters. The minimum atomic E-state index is -3.63. The van der Waals surface area contributed by atoms with Gasteiger partial charge >= 0.3 is 0 Å². The standard InChI is InChI=1S/C12H20N4O3S/c1-6-12(7(2)15-14-6)20(17,18)16-10-9(13)8-4-3-5-19-11(8)10/h8-11,16H,3-5,13H2,1-2H3,(H,14,15). The van der Waals surface area contributed by atoms with Crippen molar-refractivity contribution in [3.8, 4) is 0 Å². The molecule has 1 aromatic heterocycles. The van der Waals surface area contributed by atoms with Crippen molar-refractivity contribution in [2.45, 2.75) is 49.8 Å². The van der Waals surface area contributed by atoms with Gasteiger partial charge in [0.1, 0.15) is 4.90 Å². The average Bonchev–Trinajstić information content (AvgIpc) is 2.76. The monoisotopic (exact) mass is 300 g/mol. The Morgan fingerprint density at radius 1 is 1.45 bits per heavy atom. The molecule has 1 aliphatic heterocycles. The van der Waals surface area contributed by atoms with Crippen LogP contribution in [0.5, 0.6) is 0 Å². The summed E-state index contributed by atoms with van der Waals surface area (Å²) in [4.78, 5) is 0.212. The SMILES string of the molecule is Cc1n[nH]c(C)c1S(=O)(=O)NC1C(N)C2CCCOC21. The van der Waals surface area contributed by atoms with Crippen LogP contribution in [0.2, 0.25) is 0 Å². The van der Waals surface area contributed by atoms with Gasteiger partial charge in [-0.3, -0.25) is 5.10 Å². The third kappa shape index (κ3) is 2.07. The van der Waals surface area contributed by atoms with E-state index in [1.165, 1.54) is 0 Å². The third-order valence-corrected chi connectivity index (χ3v) is 6.02. The van der Waals surface area contributed by atoms with Crippen molar-refractivity contribution in [1.29, 1.82) is 0 Å². The topological polar surface area (TPSA) is 110 Å². The Balaban J connectivity index is 1.81. The first-order valence-corrected chi connectivity index (χ1v) is 8.31. The maximum absolute atomic E-state index is 12.5. The van der Waals surface area contributed by atoms with Crippen LogP contribution in [0.4, 0.5) is 0 Å². The molecule has 2 aliphatic rings. The Hall–Kier alpha value is -0.960. The van der Waals surface area contributed by atoms with E-state index in [1.807, 2.05) is 0 Å². The first-order chi connectivity index (χ1) is 9.42. The Morgan fingerprint density at radius 3 is 2.85 bits per heavy atom. The van der Waals surface area contributed by atoms with Gasteiger partial charge < -0.3 is 10.5 Å². The van der Waals surface area contributed by atoms with E-state index in [0.717, 1.165) is 12.8 Å². The first-order valence-electron chi connectivity index (χ1n) is 6.83. The summed E-state index contributed by atoms with van der Waals surface area (Å²) >= 11 is 0. The summed E-state index contributed by atoms with van der Waals surface area (Å²) in [6, 6.07) is -0.526. The van der Waals surface area contributed by atoms with Crippen LogP contribution in [-0.4, -0.2) is 43.4 Å². The number of fused-ring (bicyclic) bond motifs is 1. The molecule has 4 atom stereocenters. The molecule has 2 fully saturated rings. The van der Waals surface area contributed by atoms with Crippen molar-refractivity contribution in [2.75, 3.05) is 6.61 Å². The molecule has 1 saturated heterocycles. The Kier molecular flexibility index (Phi) is 3.36. The Labute approximate surface area is 118 Å². The third-order valence-electron chi connectivity index (χ3n) is 4.30. The van der Waals surface area contributed by atoms with Crippen LogP contribution in [0.15, 0.2) is 4.90 Å². The fourth-order valence-corrected chi connectivity index (χ4v) is 4.92. The highest BCUT2D eigenvalue weighted by atomic mass is 32.2. The fourth-order valence-electron chi connectivity index (χ4n) is 3.27. The number of nitrogens with two attached hydrogens (primary N) is 1. The lowest BCUT2D eigenvalue weighted by molar-refractivity contribution is -0.114. The number of aromatic amines is 1. The molecular formula is C12H20N4O3S. The number of hydrogen-bond acceptors (Lipinski definition) is 5. The normalized spacial score (nSPS) is 33.5. The van der Waals surface area contributed by atoms with E-state index in [9.17, 15) is 8.42 Å². The van der Waals surface area contributed by atoms with E-state index < -0.39 is 10.0 Å². The van der Waals surface area contributed by atoms with Gasteiger partial charge in [-0.25, -0.2) is 13.1 Å². The zero-order valence-corrected chi connectivity index (χ0v) is 12.4. The number of ether oxygens (including phenoxy) is 1. The molecule has 0 spiro atoms. The minimum absolute atomic E-state index is 0.0963. The molecule has 2 heterocycles.